The molecule has 3 nitrogen and oxygen atoms in total. The Morgan fingerprint density at radius 3 is 3.00 bits per heavy atom. The maximum absolute atomic E-state index is 5.17. The van der Waals surface area contributed by atoms with E-state index in [4.69, 9.17) is 4.74 Å². The minimum absolute atomic E-state index is 0.491. The summed E-state index contributed by atoms with van der Waals surface area (Å²) < 4.78 is 5.17. The van der Waals surface area contributed by atoms with Crippen molar-refractivity contribution in [3.8, 4) is 5.75 Å². The first kappa shape index (κ1) is 11.2. The standard InChI is InChI=1S/C13H20N2O/c1-10(8-11-4-3-5-11)15-13-9-12(16-2)6-7-14-13/h6-7,9-11H,3-5,8H2,1-2H3,(H,14,15). The lowest BCUT2D eigenvalue weighted by atomic mass is 9.81. The summed E-state index contributed by atoms with van der Waals surface area (Å²) in [6.45, 7) is 2.22. The van der Waals surface area contributed by atoms with Crippen LogP contribution in [0.25, 0.3) is 0 Å². The predicted octanol–water partition coefficient (Wildman–Crippen LogP) is 3.08. The van der Waals surface area contributed by atoms with E-state index in [1.54, 1.807) is 13.3 Å². The number of hydrogen-bond donors (Lipinski definition) is 1. The van der Waals surface area contributed by atoms with Gasteiger partial charge in [-0.3, -0.25) is 0 Å². The number of nitrogens with one attached hydrogen (secondary N) is 1. The Bertz CT molecular complexity index is 336. The molecule has 1 saturated carbocycles. The Morgan fingerprint density at radius 1 is 1.56 bits per heavy atom. The van der Waals surface area contributed by atoms with E-state index in [9.17, 15) is 0 Å². The molecular formula is C13H20N2O. The molecule has 1 heterocycles. The van der Waals surface area contributed by atoms with Gasteiger partial charge in [-0.05, 0) is 25.3 Å². The van der Waals surface area contributed by atoms with Crippen LogP contribution in [-0.2, 0) is 0 Å². The molecule has 0 aromatic carbocycles. The number of nitrogens with zero attached hydrogens (tertiary/aromatic N) is 1. The monoisotopic (exact) mass is 220 g/mol. The van der Waals surface area contributed by atoms with Gasteiger partial charge < -0.3 is 10.1 Å². The SMILES string of the molecule is COc1ccnc(NC(C)CC2CCC2)c1. The number of rotatable bonds is 5. The third kappa shape index (κ3) is 2.87. The highest BCUT2D eigenvalue weighted by atomic mass is 16.5. The molecule has 2 rings (SSSR count). The van der Waals surface area contributed by atoms with Crippen molar-refractivity contribution in [2.24, 2.45) is 5.92 Å². The van der Waals surface area contributed by atoms with Gasteiger partial charge in [-0.2, -0.15) is 0 Å². The molecule has 1 aliphatic rings. The number of anilines is 1. The molecule has 1 aromatic rings. The Hall–Kier alpha value is -1.25. The van der Waals surface area contributed by atoms with E-state index in [1.165, 1.54) is 25.7 Å². The smallest absolute Gasteiger partial charge is 0.129 e. The summed E-state index contributed by atoms with van der Waals surface area (Å²) in [5.74, 6) is 2.69. The number of methoxy groups -OCH3 is 1. The van der Waals surface area contributed by atoms with Gasteiger partial charge in [0, 0.05) is 18.3 Å². The van der Waals surface area contributed by atoms with Crippen LogP contribution >= 0.6 is 0 Å². The fourth-order valence-electron chi connectivity index (χ4n) is 2.16. The summed E-state index contributed by atoms with van der Waals surface area (Å²) in [6, 6.07) is 4.30. The van der Waals surface area contributed by atoms with E-state index in [0.29, 0.717) is 6.04 Å². The van der Waals surface area contributed by atoms with E-state index in [0.717, 1.165) is 17.5 Å². The van der Waals surface area contributed by atoms with Gasteiger partial charge in [0.25, 0.3) is 0 Å². The first-order valence-corrected chi connectivity index (χ1v) is 6.04. The van der Waals surface area contributed by atoms with Crippen molar-refractivity contribution in [2.45, 2.75) is 38.6 Å². The highest BCUT2D eigenvalue weighted by molar-refractivity contribution is 5.41. The van der Waals surface area contributed by atoms with Gasteiger partial charge in [0.15, 0.2) is 0 Å². The molecule has 1 aliphatic carbocycles. The topological polar surface area (TPSA) is 34.1 Å². The summed E-state index contributed by atoms with van der Waals surface area (Å²) in [5.41, 5.74) is 0. The zero-order chi connectivity index (χ0) is 11.4. The Balaban J connectivity index is 1.86. The van der Waals surface area contributed by atoms with Gasteiger partial charge in [-0.15, -0.1) is 0 Å². The summed E-state index contributed by atoms with van der Waals surface area (Å²) in [7, 11) is 1.68. The molecule has 1 aromatic heterocycles. The van der Waals surface area contributed by atoms with Crippen LogP contribution in [0.5, 0.6) is 5.75 Å². The average molecular weight is 220 g/mol. The van der Waals surface area contributed by atoms with Gasteiger partial charge in [0.1, 0.15) is 11.6 Å². The number of pyridine rings is 1. The number of aromatic nitrogens is 1. The molecule has 1 N–H and O–H groups in total. The Kier molecular flexibility index (Phi) is 3.65. The molecule has 1 atom stereocenters. The third-order valence-corrected chi connectivity index (χ3v) is 3.27. The van der Waals surface area contributed by atoms with E-state index in [2.05, 4.69) is 17.2 Å². The zero-order valence-electron chi connectivity index (χ0n) is 10.1. The van der Waals surface area contributed by atoms with Crippen LogP contribution in [0, 0.1) is 5.92 Å². The molecule has 1 unspecified atom stereocenters. The lowest BCUT2D eigenvalue weighted by molar-refractivity contribution is 0.285. The van der Waals surface area contributed by atoms with Gasteiger partial charge in [0.2, 0.25) is 0 Å². The minimum Gasteiger partial charge on any atom is -0.497 e. The van der Waals surface area contributed by atoms with Crippen LogP contribution in [0.4, 0.5) is 5.82 Å². The van der Waals surface area contributed by atoms with Gasteiger partial charge in [-0.1, -0.05) is 19.3 Å². The van der Waals surface area contributed by atoms with E-state index >= 15 is 0 Å². The predicted molar refractivity (Wildman–Crippen MR) is 65.8 cm³/mol. The maximum Gasteiger partial charge on any atom is 0.129 e. The summed E-state index contributed by atoms with van der Waals surface area (Å²) in [4.78, 5) is 4.29. The number of ether oxygens (including phenoxy) is 1. The molecule has 16 heavy (non-hydrogen) atoms. The highest BCUT2D eigenvalue weighted by Crippen LogP contribution is 2.31. The molecule has 88 valence electrons. The highest BCUT2D eigenvalue weighted by Gasteiger charge is 2.19. The molecule has 0 saturated heterocycles. The van der Waals surface area contributed by atoms with Gasteiger partial charge >= 0.3 is 0 Å². The molecule has 1 fully saturated rings. The molecule has 0 bridgehead atoms. The number of hydrogen-bond acceptors (Lipinski definition) is 3. The third-order valence-electron chi connectivity index (χ3n) is 3.27. The average Bonchev–Trinajstić information content (AvgIpc) is 2.24. The molecule has 0 amide bonds. The van der Waals surface area contributed by atoms with Crippen LogP contribution in [0.1, 0.15) is 32.6 Å². The van der Waals surface area contributed by atoms with Crippen LogP contribution in [0.3, 0.4) is 0 Å². The normalized spacial score (nSPS) is 17.6. The van der Waals surface area contributed by atoms with Crippen molar-refractivity contribution in [3.63, 3.8) is 0 Å². The first-order chi connectivity index (χ1) is 7.78. The Labute approximate surface area is 97.2 Å². The fourth-order valence-corrected chi connectivity index (χ4v) is 2.16. The zero-order valence-corrected chi connectivity index (χ0v) is 10.1. The van der Waals surface area contributed by atoms with E-state index in [-0.39, 0.29) is 0 Å². The minimum atomic E-state index is 0.491. The van der Waals surface area contributed by atoms with Crippen molar-refractivity contribution in [1.29, 1.82) is 0 Å². The Morgan fingerprint density at radius 2 is 2.38 bits per heavy atom. The quantitative estimate of drug-likeness (QED) is 0.828. The van der Waals surface area contributed by atoms with Crippen molar-refractivity contribution in [2.75, 3.05) is 12.4 Å². The van der Waals surface area contributed by atoms with Crippen LogP contribution in [0.2, 0.25) is 0 Å². The lowest BCUT2D eigenvalue weighted by Gasteiger charge is -2.28. The molecule has 0 spiro atoms. The van der Waals surface area contributed by atoms with Crippen molar-refractivity contribution < 1.29 is 4.74 Å². The molecule has 3 heteroatoms. The lowest BCUT2D eigenvalue weighted by Crippen LogP contribution is -2.23. The van der Waals surface area contributed by atoms with Crippen LogP contribution in [-0.4, -0.2) is 18.1 Å². The second-order valence-corrected chi connectivity index (χ2v) is 4.66. The van der Waals surface area contributed by atoms with E-state index < -0.39 is 0 Å². The first-order valence-electron chi connectivity index (χ1n) is 6.04. The van der Waals surface area contributed by atoms with Crippen molar-refractivity contribution in [3.05, 3.63) is 18.3 Å². The molecule has 0 aliphatic heterocycles. The fraction of sp³-hybridized carbons (Fsp3) is 0.615. The summed E-state index contributed by atoms with van der Waals surface area (Å²) >= 11 is 0. The second-order valence-electron chi connectivity index (χ2n) is 4.66. The van der Waals surface area contributed by atoms with Gasteiger partial charge in [-0.25, -0.2) is 4.98 Å². The van der Waals surface area contributed by atoms with Crippen molar-refractivity contribution in [1.82, 2.24) is 4.98 Å². The summed E-state index contributed by atoms with van der Waals surface area (Å²) in [5, 5.41) is 3.42. The maximum atomic E-state index is 5.17. The second kappa shape index (κ2) is 5.19. The largest absolute Gasteiger partial charge is 0.497 e. The van der Waals surface area contributed by atoms with Crippen LogP contribution in [0.15, 0.2) is 18.3 Å². The van der Waals surface area contributed by atoms with E-state index in [1.807, 2.05) is 12.1 Å². The van der Waals surface area contributed by atoms with Crippen LogP contribution < -0.4 is 10.1 Å². The van der Waals surface area contributed by atoms with Gasteiger partial charge in [0.05, 0.1) is 7.11 Å². The summed E-state index contributed by atoms with van der Waals surface area (Å²) in [6.07, 6.45) is 7.24. The van der Waals surface area contributed by atoms with Crippen molar-refractivity contribution >= 4 is 5.82 Å². The molecular weight excluding hydrogens is 200 g/mol. The molecule has 0 radical (unpaired) electrons.